The number of carbonyl (C=O) groups excluding carboxylic acids is 1. The van der Waals surface area contributed by atoms with Gasteiger partial charge < -0.3 is 20.6 Å². The summed E-state index contributed by atoms with van der Waals surface area (Å²) in [6, 6.07) is 1.58. The second-order valence-corrected chi connectivity index (χ2v) is 6.19. The summed E-state index contributed by atoms with van der Waals surface area (Å²) in [6.45, 7) is 1.41. The van der Waals surface area contributed by atoms with Crippen molar-refractivity contribution < 1.29 is 14.7 Å². The highest BCUT2D eigenvalue weighted by Crippen LogP contribution is 2.23. The lowest BCUT2D eigenvalue weighted by atomic mass is 10.0. The Morgan fingerprint density at radius 1 is 1.17 bits per heavy atom. The molecule has 0 unspecified atom stereocenters. The highest BCUT2D eigenvalue weighted by Gasteiger charge is 2.33. The van der Waals surface area contributed by atoms with Crippen LogP contribution in [0.4, 0.5) is 11.8 Å². The van der Waals surface area contributed by atoms with Gasteiger partial charge in [-0.15, -0.1) is 0 Å². The van der Waals surface area contributed by atoms with Crippen molar-refractivity contribution in [1.29, 1.82) is 0 Å². The minimum absolute atomic E-state index is 0.0293. The van der Waals surface area contributed by atoms with Crippen molar-refractivity contribution in [2.75, 3.05) is 36.8 Å². The molecule has 1 saturated heterocycles. The number of anilines is 2. The quantitative estimate of drug-likeness (QED) is 0.770. The number of nitrogen functional groups attached to an aromatic ring is 1. The summed E-state index contributed by atoms with van der Waals surface area (Å²) in [5.74, 6) is -0.903. The van der Waals surface area contributed by atoms with Crippen LogP contribution in [0, 0.1) is 11.8 Å². The first-order valence-corrected chi connectivity index (χ1v) is 8.04. The fourth-order valence-corrected chi connectivity index (χ4v) is 3.14. The van der Waals surface area contributed by atoms with Crippen molar-refractivity contribution >= 4 is 23.6 Å². The Labute approximate surface area is 140 Å². The van der Waals surface area contributed by atoms with E-state index in [9.17, 15) is 14.7 Å². The molecule has 1 amide bonds. The standard InChI is InChI=1S/C16H21N5O3/c17-13-5-6-18-16(19-13)21-8-7-20(9-12(10-21)15(23)24)14(22)11-3-1-2-4-11/h1-2,5-6,11-12H,3-4,7-10H2,(H,23,24)(H2,17,18,19)/t12-/m1/s1. The van der Waals surface area contributed by atoms with E-state index >= 15 is 0 Å². The lowest BCUT2D eigenvalue weighted by Crippen LogP contribution is -2.40. The molecule has 1 atom stereocenters. The normalized spacial score (nSPS) is 21.8. The van der Waals surface area contributed by atoms with Crippen LogP contribution < -0.4 is 10.6 Å². The van der Waals surface area contributed by atoms with Crippen LogP contribution in [0.1, 0.15) is 12.8 Å². The van der Waals surface area contributed by atoms with E-state index in [1.165, 1.54) is 0 Å². The van der Waals surface area contributed by atoms with E-state index in [0.717, 1.165) is 12.8 Å². The van der Waals surface area contributed by atoms with Crippen molar-refractivity contribution in [3.05, 3.63) is 24.4 Å². The van der Waals surface area contributed by atoms with Crippen LogP contribution in [0.5, 0.6) is 0 Å². The number of carbonyl (C=O) groups is 2. The molecule has 0 saturated carbocycles. The number of hydrogen-bond acceptors (Lipinski definition) is 6. The SMILES string of the molecule is Nc1ccnc(N2CCN(C(=O)C3CC=CC3)C[C@@H](C(=O)O)C2)n1. The van der Waals surface area contributed by atoms with Crippen LogP contribution in [0.2, 0.25) is 0 Å². The lowest BCUT2D eigenvalue weighted by Gasteiger charge is -2.25. The summed E-state index contributed by atoms with van der Waals surface area (Å²) < 4.78 is 0. The molecule has 128 valence electrons. The number of hydrogen-bond donors (Lipinski definition) is 2. The third kappa shape index (κ3) is 3.47. The summed E-state index contributed by atoms with van der Waals surface area (Å²) in [7, 11) is 0. The molecule has 2 aliphatic rings. The predicted molar refractivity (Wildman–Crippen MR) is 88.2 cm³/mol. The van der Waals surface area contributed by atoms with Gasteiger partial charge >= 0.3 is 5.97 Å². The van der Waals surface area contributed by atoms with Crippen molar-refractivity contribution in [3.63, 3.8) is 0 Å². The minimum atomic E-state index is -0.923. The smallest absolute Gasteiger partial charge is 0.310 e. The predicted octanol–water partition coefficient (Wildman–Crippen LogP) is 0.374. The Morgan fingerprint density at radius 3 is 2.58 bits per heavy atom. The number of aliphatic carboxylic acids is 1. The molecule has 24 heavy (non-hydrogen) atoms. The van der Waals surface area contributed by atoms with Crippen LogP contribution in [-0.2, 0) is 9.59 Å². The molecule has 0 spiro atoms. The maximum absolute atomic E-state index is 12.6. The maximum Gasteiger partial charge on any atom is 0.310 e. The molecule has 8 heteroatoms. The molecule has 0 aromatic carbocycles. The van der Waals surface area contributed by atoms with Gasteiger partial charge in [-0.1, -0.05) is 12.2 Å². The monoisotopic (exact) mass is 331 g/mol. The zero-order valence-electron chi connectivity index (χ0n) is 13.3. The lowest BCUT2D eigenvalue weighted by molar-refractivity contribution is -0.143. The minimum Gasteiger partial charge on any atom is -0.481 e. The first kappa shape index (κ1) is 16.2. The summed E-state index contributed by atoms with van der Waals surface area (Å²) in [5, 5.41) is 9.50. The fourth-order valence-electron chi connectivity index (χ4n) is 3.14. The van der Waals surface area contributed by atoms with Gasteiger partial charge in [0.25, 0.3) is 0 Å². The largest absolute Gasteiger partial charge is 0.481 e. The first-order valence-electron chi connectivity index (χ1n) is 8.04. The molecule has 3 rings (SSSR count). The number of aromatic nitrogens is 2. The van der Waals surface area contributed by atoms with Gasteiger partial charge in [-0.3, -0.25) is 9.59 Å². The van der Waals surface area contributed by atoms with Gasteiger partial charge in [-0.25, -0.2) is 4.98 Å². The number of carboxylic acids is 1. The topological polar surface area (TPSA) is 113 Å². The molecule has 1 aromatic rings. The molecule has 8 nitrogen and oxygen atoms in total. The van der Waals surface area contributed by atoms with E-state index in [4.69, 9.17) is 5.73 Å². The van der Waals surface area contributed by atoms with Crippen molar-refractivity contribution in [3.8, 4) is 0 Å². The molecule has 1 aliphatic heterocycles. The highest BCUT2D eigenvalue weighted by molar-refractivity contribution is 5.81. The van der Waals surface area contributed by atoms with Crippen molar-refractivity contribution in [2.45, 2.75) is 12.8 Å². The van der Waals surface area contributed by atoms with Gasteiger partial charge in [0.2, 0.25) is 11.9 Å². The summed E-state index contributed by atoms with van der Waals surface area (Å²) in [4.78, 5) is 36.0. The Bertz CT molecular complexity index is 655. The zero-order valence-corrected chi connectivity index (χ0v) is 13.3. The number of nitrogens with zero attached hydrogens (tertiary/aromatic N) is 4. The first-order chi connectivity index (χ1) is 11.5. The van der Waals surface area contributed by atoms with Crippen LogP contribution in [0.3, 0.4) is 0 Å². The van der Waals surface area contributed by atoms with E-state index in [2.05, 4.69) is 9.97 Å². The molecule has 1 aromatic heterocycles. The number of nitrogens with two attached hydrogens (primary N) is 1. The molecular weight excluding hydrogens is 310 g/mol. The number of rotatable bonds is 3. The Morgan fingerprint density at radius 2 is 1.92 bits per heavy atom. The molecular formula is C16H21N5O3. The molecule has 3 N–H and O–H groups in total. The Balaban J connectivity index is 1.77. The number of carboxylic acid groups (broad SMARTS) is 1. The third-order valence-corrected chi connectivity index (χ3v) is 4.49. The second kappa shape index (κ2) is 6.86. The van der Waals surface area contributed by atoms with E-state index < -0.39 is 11.9 Å². The molecule has 0 radical (unpaired) electrons. The van der Waals surface area contributed by atoms with E-state index in [1.54, 1.807) is 22.1 Å². The molecule has 1 aliphatic carbocycles. The number of amides is 1. The Kier molecular flexibility index (Phi) is 4.64. The van der Waals surface area contributed by atoms with Crippen LogP contribution >= 0.6 is 0 Å². The zero-order chi connectivity index (χ0) is 17.1. The third-order valence-electron chi connectivity index (χ3n) is 4.49. The molecule has 0 bridgehead atoms. The summed E-state index contributed by atoms with van der Waals surface area (Å²) >= 11 is 0. The van der Waals surface area contributed by atoms with E-state index in [0.29, 0.717) is 24.9 Å². The average molecular weight is 331 g/mol. The maximum atomic E-state index is 12.6. The second-order valence-electron chi connectivity index (χ2n) is 6.19. The number of allylic oxidation sites excluding steroid dienone is 2. The van der Waals surface area contributed by atoms with Gasteiger partial charge in [-0.2, -0.15) is 4.98 Å². The van der Waals surface area contributed by atoms with Crippen LogP contribution in [0.15, 0.2) is 24.4 Å². The van der Waals surface area contributed by atoms with Crippen LogP contribution in [-0.4, -0.2) is 58.0 Å². The van der Waals surface area contributed by atoms with Crippen molar-refractivity contribution in [1.82, 2.24) is 14.9 Å². The van der Waals surface area contributed by atoms with E-state index in [-0.39, 0.29) is 24.9 Å². The van der Waals surface area contributed by atoms with Gasteiger partial charge in [0.05, 0.1) is 5.92 Å². The highest BCUT2D eigenvalue weighted by atomic mass is 16.4. The molecule has 1 fully saturated rings. The summed E-state index contributed by atoms with van der Waals surface area (Å²) in [6.07, 6.45) is 7.01. The van der Waals surface area contributed by atoms with Gasteiger partial charge in [0.15, 0.2) is 0 Å². The van der Waals surface area contributed by atoms with Crippen molar-refractivity contribution in [2.24, 2.45) is 11.8 Å². The van der Waals surface area contributed by atoms with Gasteiger partial charge in [0.1, 0.15) is 5.82 Å². The fraction of sp³-hybridized carbons (Fsp3) is 0.500. The van der Waals surface area contributed by atoms with Gasteiger partial charge in [0, 0.05) is 38.3 Å². The van der Waals surface area contributed by atoms with E-state index in [1.807, 2.05) is 12.2 Å². The Hall–Kier alpha value is -2.64. The summed E-state index contributed by atoms with van der Waals surface area (Å²) in [5.41, 5.74) is 5.69. The molecule has 2 heterocycles. The van der Waals surface area contributed by atoms with Gasteiger partial charge in [-0.05, 0) is 18.9 Å². The average Bonchev–Trinajstić information content (AvgIpc) is 2.99. The van der Waals surface area contributed by atoms with Crippen LogP contribution in [0.25, 0.3) is 0 Å².